The first kappa shape index (κ1) is 30.8. The number of hydrogen-bond donors (Lipinski definition) is 1. The Morgan fingerprint density at radius 2 is 1.86 bits per heavy atom. The van der Waals surface area contributed by atoms with Gasteiger partial charge < -0.3 is 10.0 Å². The summed E-state index contributed by atoms with van der Waals surface area (Å²) in [5.41, 5.74) is 5.20. The average Bonchev–Trinajstić information content (AvgIpc) is 3.58. The highest BCUT2D eigenvalue weighted by atomic mass is 35.5. The molecule has 3 heterocycles. The fourth-order valence-corrected chi connectivity index (χ4v) is 9.11. The van der Waals surface area contributed by atoms with Gasteiger partial charge in [-0.1, -0.05) is 79.7 Å². The lowest BCUT2D eigenvalue weighted by Crippen LogP contribution is -2.43. The zero-order valence-electron chi connectivity index (χ0n) is 25.7. The Bertz CT molecular complexity index is 1380. The van der Waals surface area contributed by atoms with Gasteiger partial charge in [-0.2, -0.15) is 0 Å². The van der Waals surface area contributed by atoms with Gasteiger partial charge in [-0.3, -0.25) is 9.69 Å². The highest BCUT2D eigenvalue weighted by Gasteiger charge is 2.41. The Hall–Kier alpha value is -2.25. The second-order valence-electron chi connectivity index (χ2n) is 13.3. The van der Waals surface area contributed by atoms with Crippen LogP contribution in [0.2, 0.25) is 5.02 Å². The standard InChI is InChI=1S/C36H46ClN3O2S/c1-3-32-35(43-34(38-32)20-26-10-12-30(37)13-11-26)27-14-16-39(17-15-27)21-29-22-40(33(36(41)42)19-25-7-5-8-25)23-31(29)28-9-4-6-24(2)18-28/h4,6,9-13,18,25,27,29,31,33H,3,5,7-8,14-17,19-23H2,1-2H3,(H,41,42)/t29-,31+,33+/m0/s1. The number of aliphatic carboxylic acids is 1. The quantitative estimate of drug-likeness (QED) is 0.237. The highest BCUT2D eigenvalue weighted by Crippen LogP contribution is 2.40. The predicted octanol–water partition coefficient (Wildman–Crippen LogP) is 7.80. The maximum atomic E-state index is 12.4. The van der Waals surface area contributed by atoms with Crippen molar-refractivity contribution in [3.63, 3.8) is 0 Å². The molecular formula is C36H46ClN3O2S. The second kappa shape index (κ2) is 13.8. The molecule has 0 bridgehead atoms. The van der Waals surface area contributed by atoms with Crippen LogP contribution in [-0.2, 0) is 17.6 Å². The molecule has 0 radical (unpaired) electrons. The minimum atomic E-state index is -0.636. The minimum absolute atomic E-state index is 0.353. The van der Waals surface area contributed by atoms with Gasteiger partial charge in [-0.05, 0) is 86.7 Å². The van der Waals surface area contributed by atoms with E-state index in [1.54, 1.807) is 0 Å². The summed E-state index contributed by atoms with van der Waals surface area (Å²) in [5.74, 6) is 1.35. The zero-order chi connectivity index (χ0) is 29.9. The van der Waals surface area contributed by atoms with E-state index in [-0.39, 0.29) is 6.04 Å². The van der Waals surface area contributed by atoms with Crippen LogP contribution in [0.3, 0.4) is 0 Å². The normalized spacial score (nSPS) is 23.0. The summed E-state index contributed by atoms with van der Waals surface area (Å²) in [6, 6.07) is 16.7. The molecule has 6 rings (SSSR count). The molecule has 3 atom stereocenters. The van der Waals surface area contributed by atoms with Gasteiger partial charge >= 0.3 is 5.97 Å². The summed E-state index contributed by atoms with van der Waals surface area (Å²) in [4.78, 5) is 24.0. The van der Waals surface area contributed by atoms with E-state index in [0.29, 0.717) is 23.7 Å². The summed E-state index contributed by atoms with van der Waals surface area (Å²) < 4.78 is 0. The molecule has 0 spiro atoms. The Kier molecular flexibility index (Phi) is 9.88. The summed E-state index contributed by atoms with van der Waals surface area (Å²) in [6.45, 7) is 9.36. The van der Waals surface area contributed by atoms with Gasteiger partial charge in [0.15, 0.2) is 0 Å². The number of hydrogen-bond acceptors (Lipinski definition) is 5. The van der Waals surface area contributed by atoms with Gasteiger partial charge in [-0.25, -0.2) is 4.98 Å². The molecule has 1 saturated carbocycles. The number of halogens is 1. The molecule has 1 N–H and O–H groups in total. The topological polar surface area (TPSA) is 56.7 Å². The van der Waals surface area contributed by atoms with Crippen molar-refractivity contribution in [3.8, 4) is 0 Å². The number of aryl methyl sites for hydroxylation is 2. The first-order valence-electron chi connectivity index (χ1n) is 16.3. The molecule has 2 aromatic carbocycles. The predicted molar refractivity (Wildman–Crippen MR) is 177 cm³/mol. The SMILES string of the molecule is CCc1nc(Cc2ccc(Cl)cc2)sc1C1CCN(C[C@H]2CN([C@H](CC3CCC3)C(=O)O)C[C@@H]2c2cccc(C)c2)CC1. The van der Waals surface area contributed by atoms with E-state index in [0.717, 1.165) is 57.0 Å². The minimum Gasteiger partial charge on any atom is -0.480 e. The van der Waals surface area contributed by atoms with E-state index in [4.69, 9.17) is 16.6 Å². The van der Waals surface area contributed by atoms with Crippen molar-refractivity contribution in [2.24, 2.45) is 11.8 Å². The molecule has 0 amide bonds. The van der Waals surface area contributed by atoms with Crippen LogP contribution in [0.25, 0.3) is 0 Å². The fourth-order valence-electron chi connectivity index (χ4n) is 7.62. The van der Waals surface area contributed by atoms with Crippen LogP contribution in [0.5, 0.6) is 0 Å². The van der Waals surface area contributed by atoms with Gasteiger partial charge in [0.25, 0.3) is 0 Å². The maximum Gasteiger partial charge on any atom is 0.320 e. The Morgan fingerprint density at radius 3 is 2.51 bits per heavy atom. The number of nitrogens with zero attached hydrogens (tertiary/aromatic N) is 3. The maximum absolute atomic E-state index is 12.4. The van der Waals surface area contributed by atoms with Crippen molar-refractivity contribution in [1.82, 2.24) is 14.8 Å². The van der Waals surface area contributed by atoms with Crippen LogP contribution in [0.15, 0.2) is 48.5 Å². The average molecular weight is 620 g/mol. The van der Waals surface area contributed by atoms with Gasteiger partial charge in [0.05, 0.1) is 10.7 Å². The molecule has 3 aromatic rings. The molecule has 43 heavy (non-hydrogen) atoms. The van der Waals surface area contributed by atoms with E-state index in [9.17, 15) is 9.90 Å². The molecule has 0 unspecified atom stereocenters. The van der Waals surface area contributed by atoms with Crippen molar-refractivity contribution in [3.05, 3.63) is 85.8 Å². The van der Waals surface area contributed by atoms with Crippen molar-refractivity contribution in [1.29, 1.82) is 0 Å². The summed E-state index contributed by atoms with van der Waals surface area (Å²) in [6.07, 6.45) is 8.63. The number of carbonyl (C=O) groups is 1. The largest absolute Gasteiger partial charge is 0.480 e. The Morgan fingerprint density at radius 1 is 1.09 bits per heavy atom. The van der Waals surface area contributed by atoms with E-state index in [2.05, 4.69) is 60.0 Å². The zero-order valence-corrected chi connectivity index (χ0v) is 27.3. The van der Waals surface area contributed by atoms with E-state index in [1.807, 2.05) is 23.5 Å². The number of rotatable bonds is 11. The first-order chi connectivity index (χ1) is 20.9. The van der Waals surface area contributed by atoms with Crippen molar-refractivity contribution in [2.45, 2.75) is 83.1 Å². The van der Waals surface area contributed by atoms with Gasteiger partial charge in [-0.15, -0.1) is 11.3 Å². The third-order valence-electron chi connectivity index (χ3n) is 10.3. The van der Waals surface area contributed by atoms with Crippen molar-refractivity contribution in [2.75, 3.05) is 32.7 Å². The van der Waals surface area contributed by atoms with Gasteiger partial charge in [0.1, 0.15) is 6.04 Å². The Balaban J connectivity index is 1.11. The van der Waals surface area contributed by atoms with Crippen LogP contribution in [0.4, 0.5) is 0 Å². The van der Waals surface area contributed by atoms with Crippen LogP contribution in [0.1, 0.15) is 89.6 Å². The van der Waals surface area contributed by atoms with E-state index in [1.165, 1.54) is 64.4 Å². The summed E-state index contributed by atoms with van der Waals surface area (Å²) >= 11 is 8.01. The fraction of sp³-hybridized carbons (Fsp3) is 0.556. The van der Waals surface area contributed by atoms with Gasteiger partial charge in [0, 0.05) is 41.9 Å². The number of aromatic nitrogens is 1. The lowest BCUT2D eigenvalue weighted by atomic mass is 9.80. The molecule has 1 aliphatic carbocycles. The molecule has 7 heteroatoms. The van der Waals surface area contributed by atoms with E-state index >= 15 is 0 Å². The third kappa shape index (κ3) is 7.36. The summed E-state index contributed by atoms with van der Waals surface area (Å²) in [7, 11) is 0. The van der Waals surface area contributed by atoms with Crippen LogP contribution in [0, 0.1) is 18.8 Å². The molecule has 3 fully saturated rings. The van der Waals surface area contributed by atoms with Crippen LogP contribution in [-0.4, -0.2) is 64.6 Å². The monoisotopic (exact) mass is 619 g/mol. The number of likely N-dealkylation sites (tertiary alicyclic amines) is 2. The molecule has 2 aliphatic heterocycles. The highest BCUT2D eigenvalue weighted by molar-refractivity contribution is 7.11. The number of carboxylic acid groups (broad SMARTS) is 1. The molecule has 5 nitrogen and oxygen atoms in total. The number of thiazole rings is 1. The molecule has 3 aliphatic rings. The van der Waals surface area contributed by atoms with Crippen molar-refractivity contribution >= 4 is 28.9 Å². The van der Waals surface area contributed by atoms with Crippen LogP contribution < -0.4 is 0 Å². The number of piperidine rings is 1. The second-order valence-corrected chi connectivity index (χ2v) is 14.8. The molecule has 2 saturated heterocycles. The molecular weight excluding hydrogens is 574 g/mol. The van der Waals surface area contributed by atoms with Gasteiger partial charge in [0.2, 0.25) is 0 Å². The lowest BCUT2D eigenvalue weighted by molar-refractivity contribution is -0.144. The molecule has 230 valence electrons. The third-order valence-corrected chi connectivity index (χ3v) is 11.8. The first-order valence-corrected chi connectivity index (χ1v) is 17.5. The van der Waals surface area contributed by atoms with Crippen LogP contribution >= 0.6 is 22.9 Å². The molecule has 1 aromatic heterocycles. The van der Waals surface area contributed by atoms with E-state index < -0.39 is 5.97 Å². The smallest absolute Gasteiger partial charge is 0.320 e. The Labute approximate surface area is 266 Å². The van der Waals surface area contributed by atoms with Crippen molar-refractivity contribution < 1.29 is 9.90 Å². The summed E-state index contributed by atoms with van der Waals surface area (Å²) in [5, 5.41) is 12.2. The number of benzene rings is 2. The number of carboxylic acids is 1. The lowest BCUT2D eigenvalue weighted by Gasteiger charge is -2.35.